The van der Waals surface area contributed by atoms with Gasteiger partial charge in [-0.25, -0.2) is 4.98 Å². The summed E-state index contributed by atoms with van der Waals surface area (Å²) in [6, 6.07) is 21.9. The number of rotatable bonds is 3. The summed E-state index contributed by atoms with van der Waals surface area (Å²) in [5, 5.41) is 14.8. The van der Waals surface area contributed by atoms with Crippen molar-refractivity contribution in [2.24, 2.45) is 0 Å². The summed E-state index contributed by atoms with van der Waals surface area (Å²) in [5.41, 5.74) is 5.91. The van der Waals surface area contributed by atoms with Gasteiger partial charge in [-0.1, -0.05) is 41.9 Å². The second-order valence-electron chi connectivity index (χ2n) is 6.14. The lowest BCUT2D eigenvalue weighted by molar-refractivity contribution is 0.881. The second kappa shape index (κ2) is 6.34. The Morgan fingerprint density at radius 3 is 2.41 bits per heavy atom. The number of hydrogen-bond acceptors (Lipinski definition) is 4. The van der Waals surface area contributed by atoms with Gasteiger partial charge in [0.15, 0.2) is 0 Å². The maximum atomic E-state index is 5.99. The number of nitrogens with one attached hydrogen (secondary N) is 2. The number of H-pyrrole nitrogens is 2. The van der Waals surface area contributed by atoms with Crippen LogP contribution in [0.1, 0.15) is 0 Å². The van der Waals surface area contributed by atoms with Gasteiger partial charge in [0.2, 0.25) is 5.82 Å². The van der Waals surface area contributed by atoms with Crippen molar-refractivity contribution in [3.63, 3.8) is 0 Å². The number of aromatic nitrogens is 6. The minimum absolute atomic E-state index is 0.554. The van der Waals surface area contributed by atoms with Gasteiger partial charge in [0, 0.05) is 16.1 Å². The number of nitrogens with zero attached hydrogens (tertiary/aromatic N) is 4. The summed E-state index contributed by atoms with van der Waals surface area (Å²) >= 11 is 5.99. The lowest BCUT2D eigenvalue weighted by Gasteiger charge is -2.04. The van der Waals surface area contributed by atoms with Crippen LogP contribution in [0.3, 0.4) is 0 Å². The molecule has 0 atom stereocenters. The van der Waals surface area contributed by atoms with E-state index in [0.29, 0.717) is 5.82 Å². The van der Waals surface area contributed by atoms with Crippen molar-refractivity contribution < 1.29 is 0 Å². The quantitative estimate of drug-likeness (QED) is 0.479. The Balaban J connectivity index is 1.55. The van der Waals surface area contributed by atoms with Crippen LogP contribution in [0.5, 0.6) is 0 Å². The van der Waals surface area contributed by atoms with E-state index in [-0.39, 0.29) is 0 Å². The molecule has 3 aromatic carbocycles. The molecule has 0 saturated carbocycles. The van der Waals surface area contributed by atoms with Gasteiger partial charge in [0.25, 0.3) is 0 Å². The summed E-state index contributed by atoms with van der Waals surface area (Å²) in [7, 11) is 0. The molecule has 0 fully saturated rings. The normalized spacial score (nSPS) is 11.1. The van der Waals surface area contributed by atoms with Gasteiger partial charge in [-0.05, 0) is 52.7 Å². The molecule has 0 saturated heterocycles. The van der Waals surface area contributed by atoms with Gasteiger partial charge in [-0.15, -0.1) is 10.2 Å². The predicted octanol–water partition coefficient (Wildman–Crippen LogP) is 4.73. The van der Waals surface area contributed by atoms with Gasteiger partial charge in [-0.2, -0.15) is 5.21 Å². The van der Waals surface area contributed by atoms with Crippen molar-refractivity contribution in [1.82, 2.24) is 30.6 Å². The number of halogens is 1. The SMILES string of the molecule is Clc1ccc(-c2cccc(-c3nc4ccc(-c5nn[nH]n5)cc4[nH]3)c2)cc1. The molecule has 0 radical (unpaired) electrons. The molecule has 7 heteroatoms. The van der Waals surface area contributed by atoms with E-state index >= 15 is 0 Å². The summed E-state index contributed by atoms with van der Waals surface area (Å²) in [5.74, 6) is 1.36. The summed E-state index contributed by atoms with van der Waals surface area (Å²) in [6.45, 7) is 0. The van der Waals surface area contributed by atoms with E-state index in [1.165, 1.54) is 0 Å². The molecule has 6 nitrogen and oxygen atoms in total. The van der Waals surface area contributed by atoms with Gasteiger partial charge in [-0.3, -0.25) is 0 Å². The van der Waals surface area contributed by atoms with E-state index in [1.54, 1.807) is 0 Å². The Morgan fingerprint density at radius 1 is 0.778 bits per heavy atom. The van der Waals surface area contributed by atoms with E-state index < -0.39 is 0 Å². The van der Waals surface area contributed by atoms with Crippen molar-refractivity contribution in [2.75, 3.05) is 0 Å². The lowest BCUT2D eigenvalue weighted by atomic mass is 10.0. The highest BCUT2D eigenvalue weighted by atomic mass is 35.5. The third-order valence-electron chi connectivity index (χ3n) is 4.40. The highest BCUT2D eigenvalue weighted by molar-refractivity contribution is 6.30. The molecule has 2 heterocycles. The molecule has 2 aromatic heterocycles. The zero-order valence-electron chi connectivity index (χ0n) is 14.0. The second-order valence-corrected chi connectivity index (χ2v) is 6.58. The minimum atomic E-state index is 0.554. The van der Waals surface area contributed by atoms with E-state index in [0.717, 1.165) is 44.1 Å². The first-order valence-electron chi connectivity index (χ1n) is 8.36. The van der Waals surface area contributed by atoms with Gasteiger partial charge in [0.05, 0.1) is 11.0 Å². The lowest BCUT2D eigenvalue weighted by Crippen LogP contribution is -1.83. The van der Waals surface area contributed by atoms with Crippen LogP contribution < -0.4 is 0 Å². The number of fused-ring (bicyclic) bond motifs is 1. The summed E-state index contributed by atoms with van der Waals surface area (Å²) in [6.07, 6.45) is 0. The third-order valence-corrected chi connectivity index (χ3v) is 4.65. The van der Waals surface area contributed by atoms with Crippen LogP contribution >= 0.6 is 11.6 Å². The van der Waals surface area contributed by atoms with Crippen molar-refractivity contribution in [1.29, 1.82) is 0 Å². The Labute approximate surface area is 159 Å². The summed E-state index contributed by atoms with van der Waals surface area (Å²) < 4.78 is 0. The molecule has 2 N–H and O–H groups in total. The number of hydrogen-bond donors (Lipinski definition) is 2. The molecular formula is C20H13ClN6. The van der Waals surface area contributed by atoms with E-state index in [1.807, 2.05) is 54.6 Å². The Morgan fingerprint density at radius 2 is 1.59 bits per heavy atom. The topological polar surface area (TPSA) is 83.1 Å². The van der Waals surface area contributed by atoms with Gasteiger partial charge in [0.1, 0.15) is 5.82 Å². The van der Waals surface area contributed by atoms with Crippen LogP contribution in [0.2, 0.25) is 5.02 Å². The van der Waals surface area contributed by atoms with Crippen LogP contribution in [0, 0.1) is 0 Å². The smallest absolute Gasteiger partial charge is 0.204 e. The van der Waals surface area contributed by atoms with Crippen LogP contribution in [-0.2, 0) is 0 Å². The molecule has 0 bridgehead atoms. The van der Waals surface area contributed by atoms with Crippen LogP contribution in [0.25, 0.3) is 44.9 Å². The van der Waals surface area contributed by atoms with E-state index in [2.05, 4.69) is 37.7 Å². The van der Waals surface area contributed by atoms with Crippen LogP contribution in [-0.4, -0.2) is 30.6 Å². The van der Waals surface area contributed by atoms with Crippen molar-refractivity contribution in [3.8, 4) is 33.9 Å². The molecule has 0 amide bonds. The average Bonchev–Trinajstić information content (AvgIpc) is 3.38. The van der Waals surface area contributed by atoms with Crippen LogP contribution in [0.15, 0.2) is 66.7 Å². The molecule has 27 heavy (non-hydrogen) atoms. The van der Waals surface area contributed by atoms with E-state index in [9.17, 15) is 0 Å². The molecule has 130 valence electrons. The number of imidazole rings is 1. The Hall–Kier alpha value is -3.51. The molecule has 0 spiro atoms. The molecule has 0 aliphatic carbocycles. The fraction of sp³-hybridized carbons (Fsp3) is 0. The zero-order chi connectivity index (χ0) is 18.2. The Bertz CT molecular complexity index is 1230. The fourth-order valence-corrected chi connectivity index (χ4v) is 3.18. The van der Waals surface area contributed by atoms with Crippen molar-refractivity contribution >= 4 is 22.6 Å². The summed E-state index contributed by atoms with van der Waals surface area (Å²) in [4.78, 5) is 8.10. The Kier molecular flexibility index (Phi) is 3.69. The fourth-order valence-electron chi connectivity index (χ4n) is 3.06. The third kappa shape index (κ3) is 2.96. The van der Waals surface area contributed by atoms with Crippen molar-refractivity contribution in [2.45, 2.75) is 0 Å². The molecule has 0 unspecified atom stereocenters. The van der Waals surface area contributed by atoms with E-state index in [4.69, 9.17) is 16.6 Å². The van der Waals surface area contributed by atoms with Gasteiger partial charge >= 0.3 is 0 Å². The molecule has 5 rings (SSSR count). The molecule has 0 aliphatic heterocycles. The maximum Gasteiger partial charge on any atom is 0.204 e. The predicted molar refractivity (Wildman–Crippen MR) is 105 cm³/mol. The zero-order valence-corrected chi connectivity index (χ0v) is 14.8. The number of benzene rings is 3. The highest BCUT2D eigenvalue weighted by Crippen LogP contribution is 2.28. The van der Waals surface area contributed by atoms with Gasteiger partial charge < -0.3 is 4.98 Å². The standard InChI is InChI=1S/C20H13ClN6/c21-16-7-4-12(5-8-16)13-2-1-3-14(10-13)19-22-17-9-6-15(11-18(17)23-19)20-24-26-27-25-20/h1-11H,(H,22,23)(H,24,25,26,27). The highest BCUT2D eigenvalue weighted by Gasteiger charge is 2.10. The number of aromatic amines is 2. The van der Waals surface area contributed by atoms with Crippen molar-refractivity contribution in [3.05, 3.63) is 71.8 Å². The van der Waals surface area contributed by atoms with Crippen LogP contribution in [0.4, 0.5) is 0 Å². The average molecular weight is 373 g/mol. The first-order chi connectivity index (χ1) is 13.3. The monoisotopic (exact) mass is 372 g/mol. The number of tetrazole rings is 1. The molecular weight excluding hydrogens is 360 g/mol. The molecule has 0 aliphatic rings. The first kappa shape index (κ1) is 15.7. The first-order valence-corrected chi connectivity index (χ1v) is 8.74. The largest absolute Gasteiger partial charge is 0.338 e. The maximum absolute atomic E-state index is 5.99. The molecule has 5 aromatic rings. The minimum Gasteiger partial charge on any atom is -0.338 e.